The van der Waals surface area contributed by atoms with Crippen molar-refractivity contribution in [1.29, 1.82) is 0 Å². The molecule has 1 saturated carbocycles. The van der Waals surface area contributed by atoms with Crippen LogP contribution in [0.25, 0.3) is 22.5 Å². The number of rotatable bonds is 3. The number of alkyl halides is 6. The van der Waals surface area contributed by atoms with E-state index in [1.54, 1.807) is 0 Å². The van der Waals surface area contributed by atoms with Crippen molar-refractivity contribution in [3.8, 4) is 0 Å². The number of allylic oxidation sites excluding steroid dienone is 6. The largest absolute Gasteiger partial charge is 0.416 e. The van der Waals surface area contributed by atoms with Gasteiger partial charge in [0.2, 0.25) is 0 Å². The molecule has 0 unspecified atom stereocenters. The number of hydrogen-bond acceptors (Lipinski definition) is 2. The molecule has 3 atom stereocenters. The molecule has 0 aromatic heterocycles. The monoisotopic (exact) mass is 647 g/mol. The predicted octanol–water partition coefficient (Wildman–Crippen LogP) is 8.43. The molecule has 4 aliphatic rings. The van der Waals surface area contributed by atoms with E-state index in [1.165, 1.54) is 5.57 Å². The Hall–Kier alpha value is -4.60. The molecule has 47 heavy (non-hydrogen) atoms. The van der Waals surface area contributed by atoms with Gasteiger partial charge < -0.3 is 10.6 Å². The van der Waals surface area contributed by atoms with Crippen LogP contribution in [0.15, 0.2) is 94.5 Å². The van der Waals surface area contributed by atoms with E-state index in [0.29, 0.717) is 18.6 Å². The Kier molecular flexibility index (Phi) is 7.85. The number of halogens is 6. The lowest BCUT2D eigenvalue weighted by atomic mass is 9.67. The quantitative estimate of drug-likeness (QED) is 0.276. The molecule has 3 aromatic carbocycles. The molecule has 10 heteroatoms. The van der Waals surface area contributed by atoms with Crippen LogP contribution in [0.4, 0.5) is 36.8 Å². The number of benzene rings is 3. The SMILES string of the molecule is O=C(Nc1cc(C(F)(F)F)cc(C(F)(F)F)c1)N[C@H]1CCCC[C@H]1[C@@H]1CC=CC2=C1CC=C1C=NC=c3ccc4ccccc4c3=C12. The van der Waals surface area contributed by atoms with Crippen molar-refractivity contribution in [3.05, 3.63) is 111 Å². The Morgan fingerprint density at radius 1 is 0.894 bits per heavy atom. The van der Waals surface area contributed by atoms with Crippen molar-refractivity contribution in [2.24, 2.45) is 16.8 Å². The van der Waals surface area contributed by atoms with E-state index in [1.807, 2.05) is 24.5 Å². The summed E-state index contributed by atoms with van der Waals surface area (Å²) in [5.41, 5.74) is 1.06. The van der Waals surface area contributed by atoms with Crippen LogP contribution in [0.1, 0.15) is 49.7 Å². The minimum atomic E-state index is -5.01. The lowest BCUT2D eigenvalue weighted by Crippen LogP contribution is -2.47. The zero-order valence-corrected chi connectivity index (χ0v) is 25.2. The van der Waals surface area contributed by atoms with E-state index in [9.17, 15) is 31.1 Å². The number of nitrogens with one attached hydrogen (secondary N) is 2. The molecule has 2 N–H and O–H groups in total. The summed E-state index contributed by atoms with van der Waals surface area (Å²) in [7, 11) is 0. The van der Waals surface area contributed by atoms with Crippen molar-refractivity contribution in [2.75, 3.05) is 5.32 Å². The molecule has 242 valence electrons. The summed E-state index contributed by atoms with van der Waals surface area (Å²) in [5, 5.41) is 9.60. The van der Waals surface area contributed by atoms with Crippen molar-refractivity contribution >= 4 is 40.5 Å². The van der Waals surface area contributed by atoms with E-state index in [2.05, 4.69) is 58.1 Å². The number of carbonyl (C=O) groups is 1. The summed E-state index contributed by atoms with van der Waals surface area (Å²) in [5.74, 6) is 0.129. The van der Waals surface area contributed by atoms with Crippen LogP contribution in [0.5, 0.6) is 0 Å². The molecule has 3 aliphatic carbocycles. The van der Waals surface area contributed by atoms with Gasteiger partial charge in [-0.25, -0.2) is 4.79 Å². The molecule has 7 rings (SSSR count). The van der Waals surface area contributed by atoms with Crippen LogP contribution >= 0.6 is 0 Å². The number of nitrogens with zero attached hydrogens (tertiary/aromatic N) is 1. The molecule has 0 spiro atoms. The summed E-state index contributed by atoms with van der Waals surface area (Å²) in [6.45, 7) is 0. The second-order valence-electron chi connectivity index (χ2n) is 12.5. The van der Waals surface area contributed by atoms with E-state index < -0.39 is 35.2 Å². The topological polar surface area (TPSA) is 53.5 Å². The van der Waals surface area contributed by atoms with Crippen LogP contribution in [0, 0.1) is 11.8 Å². The van der Waals surface area contributed by atoms with Gasteiger partial charge in [-0.05, 0) is 88.4 Å². The van der Waals surface area contributed by atoms with Crippen LogP contribution in [-0.4, -0.2) is 18.3 Å². The Morgan fingerprint density at radius 2 is 1.64 bits per heavy atom. The zero-order valence-electron chi connectivity index (χ0n) is 25.2. The highest BCUT2D eigenvalue weighted by Crippen LogP contribution is 2.46. The maximum atomic E-state index is 13.4. The van der Waals surface area contributed by atoms with Gasteiger partial charge in [0.05, 0.1) is 11.1 Å². The fraction of sp³-hybridized carbons (Fsp3) is 0.297. The van der Waals surface area contributed by atoms with Crippen molar-refractivity contribution < 1.29 is 31.1 Å². The van der Waals surface area contributed by atoms with E-state index in [-0.39, 0.29) is 23.9 Å². The zero-order chi connectivity index (χ0) is 32.9. The van der Waals surface area contributed by atoms with Crippen LogP contribution in [-0.2, 0) is 12.4 Å². The van der Waals surface area contributed by atoms with Gasteiger partial charge in [-0.15, -0.1) is 0 Å². The van der Waals surface area contributed by atoms with E-state index >= 15 is 0 Å². The molecular formula is C37H31F6N3O. The second-order valence-corrected chi connectivity index (χ2v) is 12.5. The van der Waals surface area contributed by atoms with Gasteiger partial charge in [-0.3, -0.25) is 4.99 Å². The number of carbonyl (C=O) groups excluding carboxylic acids is 1. The third kappa shape index (κ3) is 6.01. The summed E-state index contributed by atoms with van der Waals surface area (Å²) in [6, 6.07) is 12.4. The molecule has 4 nitrogen and oxygen atoms in total. The van der Waals surface area contributed by atoms with Gasteiger partial charge >= 0.3 is 18.4 Å². The second kappa shape index (κ2) is 11.9. The Bertz CT molecular complexity index is 1990. The third-order valence-electron chi connectivity index (χ3n) is 9.70. The van der Waals surface area contributed by atoms with Gasteiger partial charge in [-0.2, -0.15) is 26.3 Å². The normalized spacial score (nSPS) is 22.5. The smallest absolute Gasteiger partial charge is 0.335 e. The van der Waals surface area contributed by atoms with Crippen LogP contribution in [0.2, 0.25) is 0 Å². The number of urea groups is 1. The van der Waals surface area contributed by atoms with Crippen molar-refractivity contribution in [1.82, 2.24) is 5.32 Å². The fourth-order valence-corrected chi connectivity index (χ4v) is 7.65. The first-order valence-corrected chi connectivity index (χ1v) is 15.7. The average Bonchev–Trinajstić information content (AvgIpc) is 3.24. The van der Waals surface area contributed by atoms with Crippen molar-refractivity contribution in [3.63, 3.8) is 0 Å². The summed E-state index contributed by atoms with van der Waals surface area (Å²) in [4.78, 5) is 17.8. The first kappa shape index (κ1) is 31.0. The molecule has 1 heterocycles. The molecule has 0 radical (unpaired) electrons. The molecule has 1 aliphatic heterocycles. The summed E-state index contributed by atoms with van der Waals surface area (Å²) >= 11 is 0. The highest BCUT2D eigenvalue weighted by molar-refractivity contribution is 6.06. The number of aliphatic imine (C=N–C) groups is 1. The van der Waals surface area contributed by atoms with Crippen LogP contribution in [0.3, 0.4) is 0 Å². The van der Waals surface area contributed by atoms with Gasteiger partial charge in [0, 0.05) is 29.4 Å². The minimum Gasteiger partial charge on any atom is -0.335 e. The minimum absolute atomic E-state index is 0.0326. The molecule has 3 aromatic rings. The first-order chi connectivity index (χ1) is 22.5. The number of anilines is 1. The summed E-state index contributed by atoms with van der Waals surface area (Å²) in [6.07, 6.45) is 5.12. The Balaban J connectivity index is 1.21. The predicted molar refractivity (Wildman–Crippen MR) is 171 cm³/mol. The summed E-state index contributed by atoms with van der Waals surface area (Å²) < 4.78 is 80.4. The van der Waals surface area contributed by atoms with Gasteiger partial charge in [0.15, 0.2) is 0 Å². The highest BCUT2D eigenvalue weighted by Gasteiger charge is 2.39. The molecule has 0 saturated heterocycles. The number of hydrogen-bond donors (Lipinski definition) is 2. The van der Waals surface area contributed by atoms with Gasteiger partial charge in [-0.1, -0.05) is 73.0 Å². The standard InChI is InChI=1S/C37H31F6N3O/c38-36(39,40)24-16-25(37(41,42)43)18-26(17-24)45-35(47)46-32-11-4-3-8-30(32)28-9-5-10-31-29(28)15-14-23-20-44-19-22-13-12-21-6-1-2-7-27(21)33(22)34(23)31/h1-2,5-7,10,12-14,16-20,28,30,32H,3-4,8-9,11,15H2,(H2,45,46,47)/t28-,30+,32+/m1/s1. The first-order valence-electron chi connectivity index (χ1n) is 15.7. The molecule has 1 fully saturated rings. The number of fused-ring (bicyclic) bond motifs is 5. The highest BCUT2D eigenvalue weighted by atomic mass is 19.4. The van der Waals surface area contributed by atoms with E-state index in [0.717, 1.165) is 70.0 Å². The van der Waals surface area contributed by atoms with Crippen LogP contribution < -0.4 is 21.1 Å². The Labute approximate surface area is 267 Å². The van der Waals surface area contributed by atoms with Gasteiger partial charge in [0.25, 0.3) is 0 Å². The third-order valence-corrected chi connectivity index (χ3v) is 9.70. The Morgan fingerprint density at radius 3 is 2.40 bits per heavy atom. The average molecular weight is 648 g/mol. The molecule has 2 amide bonds. The molecular weight excluding hydrogens is 616 g/mol. The molecule has 0 bridgehead atoms. The maximum Gasteiger partial charge on any atom is 0.416 e. The van der Waals surface area contributed by atoms with E-state index in [4.69, 9.17) is 0 Å². The van der Waals surface area contributed by atoms with Crippen molar-refractivity contribution in [2.45, 2.75) is 56.9 Å². The maximum absolute atomic E-state index is 13.4. The lowest BCUT2D eigenvalue weighted by Gasteiger charge is -2.41. The fourth-order valence-electron chi connectivity index (χ4n) is 7.65. The van der Waals surface area contributed by atoms with Gasteiger partial charge in [0.1, 0.15) is 0 Å². The lowest BCUT2D eigenvalue weighted by molar-refractivity contribution is -0.143. The number of amides is 2.